The molecule has 0 rings (SSSR count). The van der Waals surface area contributed by atoms with E-state index in [9.17, 15) is 26.2 Å². The Morgan fingerprint density at radius 2 is 1.75 bits per heavy atom. The topological polar surface area (TPSA) is 120 Å². The standard InChI is InChI=1S/C6H13NO6S2.Li/c1-14(9,10)4-2-3-6(8)7-5-15(11,12)13;/h2-5H2,1H3,(H,7,8)(H,11,12,13);/q;+1/p-1. The van der Waals surface area contributed by atoms with Gasteiger partial charge in [0.1, 0.15) is 25.8 Å². The molecule has 0 aliphatic heterocycles. The van der Waals surface area contributed by atoms with Crippen LogP contribution >= 0.6 is 0 Å². The third kappa shape index (κ3) is 13.9. The van der Waals surface area contributed by atoms with Gasteiger partial charge in [0.2, 0.25) is 5.91 Å². The van der Waals surface area contributed by atoms with Gasteiger partial charge in [0, 0.05) is 12.7 Å². The summed E-state index contributed by atoms with van der Waals surface area (Å²) in [6.07, 6.45) is 1.01. The van der Waals surface area contributed by atoms with Crippen molar-refractivity contribution in [1.29, 1.82) is 0 Å². The number of carbonyl (C=O) groups is 1. The predicted molar refractivity (Wildman–Crippen MR) is 51.7 cm³/mol. The number of hydrogen-bond donors (Lipinski definition) is 1. The summed E-state index contributed by atoms with van der Waals surface area (Å²) >= 11 is 0. The number of nitrogens with one attached hydrogen (secondary N) is 1. The minimum absolute atomic E-state index is 0. The summed E-state index contributed by atoms with van der Waals surface area (Å²) in [6.45, 7) is 0. The van der Waals surface area contributed by atoms with Crippen LogP contribution in [0.25, 0.3) is 0 Å². The zero-order chi connectivity index (χ0) is 12.1. The SMILES string of the molecule is CS(=O)(=O)CCCC(=O)NCS(=O)(=O)[O-].[Li+]. The second-order valence-corrected chi connectivity index (χ2v) is 6.70. The summed E-state index contributed by atoms with van der Waals surface area (Å²) in [5, 5.41) is 1.87. The van der Waals surface area contributed by atoms with E-state index in [-0.39, 0.29) is 37.5 Å². The third-order valence-electron chi connectivity index (χ3n) is 1.37. The van der Waals surface area contributed by atoms with E-state index in [4.69, 9.17) is 0 Å². The molecule has 1 N–H and O–H groups in total. The van der Waals surface area contributed by atoms with Gasteiger partial charge in [-0.2, -0.15) is 0 Å². The smallest absolute Gasteiger partial charge is 0.747 e. The zero-order valence-corrected chi connectivity index (χ0v) is 10.7. The van der Waals surface area contributed by atoms with Gasteiger partial charge < -0.3 is 9.87 Å². The third-order valence-corrected chi connectivity index (χ3v) is 2.89. The zero-order valence-electron chi connectivity index (χ0n) is 9.09. The largest absolute Gasteiger partial charge is 1.00 e. The molecule has 0 radical (unpaired) electrons. The average molecular weight is 265 g/mol. The Labute approximate surface area is 107 Å². The molecule has 0 aromatic rings. The molecular weight excluding hydrogens is 253 g/mol. The molecule has 90 valence electrons. The van der Waals surface area contributed by atoms with Crippen molar-refractivity contribution in [1.82, 2.24) is 5.32 Å². The molecule has 0 atom stereocenters. The second-order valence-electron chi connectivity index (χ2n) is 3.04. The Hall–Kier alpha value is -0.0726. The van der Waals surface area contributed by atoms with E-state index >= 15 is 0 Å². The Balaban J connectivity index is 0. The van der Waals surface area contributed by atoms with Crippen molar-refractivity contribution in [3.05, 3.63) is 0 Å². The van der Waals surface area contributed by atoms with Crippen LogP contribution in [0.2, 0.25) is 0 Å². The minimum Gasteiger partial charge on any atom is -0.747 e. The number of amides is 1. The number of sulfone groups is 1. The molecule has 0 spiro atoms. The summed E-state index contributed by atoms with van der Waals surface area (Å²) < 4.78 is 51.6. The molecule has 0 unspecified atom stereocenters. The van der Waals surface area contributed by atoms with Crippen LogP contribution in [0.3, 0.4) is 0 Å². The van der Waals surface area contributed by atoms with Gasteiger partial charge in [0.05, 0.1) is 5.75 Å². The fourth-order valence-electron chi connectivity index (χ4n) is 0.752. The van der Waals surface area contributed by atoms with E-state index in [1.165, 1.54) is 0 Å². The number of rotatable bonds is 6. The molecular formula is C6H12LiNO6S2. The van der Waals surface area contributed by atoms with Crippen LogP contribution in [0.15, 0.2) is 0 Å². The Morgan fingerprint density at radius 3 is 2.12 bits per heavy atom. The molecule has 0 fully saturated rings. The quantitative estimate of drug-likeness (QED) is 0.381. The Kier molecular flexibility index (Phi) is 8.34. The second kappa shape index (κ2) is 7.29. The Bertz CT molecular complexity index is 414. The van der Waals surface area contributed by atoms with Crippen LogP contribution in [0.1, 0.15) is 12.8 Å². The molecule has 0 aliphatic rings. The van der Waals surface area contributed by atoms with Gasteiger partial charge in [-0.15, -0.1) is 0 Å². The molecule has 16 heavy (non-hydrogen) atoms. The first kappa shape index (κ1) is 18.3. The van der Waals surface area contributed by atoms with E-state index in [2.05, 4.69) is 0 Å². The van der Waals surface area contributed by atoms with Gasteiger partial charge in [-0.25, -0.2) is 16.8 Å². The minimum atomic E-state index is -4.47. The van der Waals surface area contributed by atoms with Crippen LogP contribution < -0.4 is 24.2 Å². The van der Waals surface area contributed by atoms with Gasteiger partial charge in [0.25, 0.3) is 0 Å². The van der Waals surface area contributed by atoms with Crippen molar-refractivity contribution in [2.24, 2.45) is 0 Å². The van der Waals surface area contributed by atoms with Crippen molar-refractivity contribution < 1.29 is 45.0 Å². The molecule has 0 saturated carbocycles. The van der Waals surface area contributed by atoms with Crippen LogP contribution in [-0.2, 0) is 24.7 Å². The molecule has 10 heteroatoms. The molecule has 0 heterocycles. The van der Waals surface area contributed by atoms with Crippen molar-refractivity contribution in [2.45, 2.75) is 12.8 Å². The first-order chi connectivity index (χ1) is 6.60. The average Bonchev–Trinajstić information content (AvgIpc) is 1.97. The van der Waals surface area contributed by atoms with Gasteiger partial charge in [-0.05, 0) is 6.42 Å². The summed E-state index contributed by atoms with van der Waals surface area (Å²) in [5.41, 5.74) is 0. The maximum absolute atomic E-state index is 10.9. The van der Waals surface area contributed by atoms with Crippen LogP contribution in [0, 0.1) is 0 Å². The van der Waals surface area contributed by atoms with Crippen LogP contribution in [0.5, 0.6) is 0 Å². The van der Waals surface area contributed by atoms with Gasteiger partial charge in [0.15, 0.2) is 0 Å². The maximum atomic E-state index is 10.9. The first-order valence-electron chi connectivity index (χ1n) is 3.98. The molecule has 0 aliphatic carbocycles. The van der Waals surface area contributed by atoms with Gasteiger partial charge in [-0.1, -0.05) is 0 Å². The number of hydrogen-bond acceptors (Lipinski definition) is 6. The summed E-state index contributed by atoms with van der Waals surface area (Å²) in [4.78, 5) is 10.9. The van der Waals surface area contributed by atoms with Gasteiger partial charge >= 0.3 is 18.9 Å². The van der Waals surface area contributed by atoms with Crippen LogP contribution in [-0.4, -0.2) is 45.2 Å². The summed E-state index contributed by atoms with van der Waals surface area (Å²) in [5.74, 6) is -1.77. The summed E-state index contributed by atoms with van der Waals surface area (Å²) in [6, 6.07) is 0. The summed E-state index contributed by atoms with van der Waals surface area (Å²) in [7, 11) is -7.60. The van der Waals surface area contributed by atoms with Crippen molar-refractivity contribution in [3.8, 4) is 0 Å². The van der Waals surface area contributed by atoms with E-state index in [0.29, 0.717) is 0 Å². The monoisotopic (exact) mass is 265 g/mol. The van der Waals surface area contributed by atoms with Crippen molar-refractivity contribution in [3.63, 3.8) is 0 Å². The molecule has 0 aromatic carbocycles. The van der Waals surface area contributed by atoms with E-state index < -0.39 is 31.7 Å². The predicted octanol–water partition coefficient (Wildman–Crippen LogP) is -4.57. The fraction of sp³-hybridized carbons (Fsp3) is 0.833. The molecule has 1 amide bonds. The van der Waals surface area contributed by atoms with Crippen molar-refractivity contribution in [2.75, 3.05) is 17.9 Å². The van der Waals surface area contributed by atoms with Crippen LogP contribution in [0.4, 0.5) is 0 Å². The van der Waals surface area contributed by atoms with Gasteiger partial charge in [-0.3, -0.25) is 4.79 Å². The molecule has 0 aromatic heterocycles. The maximum Gasteiger partial charge on any atom is 1.00 e. The van der Waals surface area contributed by atoms with E-state index in [1.54, 1.807) is 0 Å². The molecule has 0 saturated heterocycles. The molecule has 7 nitrogen and oxygen atoms in total. The number of carbonyl (C=O) groups excluding carboxylic acids is 1. The molecule has 0 bridgehead atoms. The fourth-order valence-corrected chi connectivity index (χ4v) is 1.76. The van der Waals surface area contributed by atoms with Crippen molar-refractivity contribution >= 4 is 25.9 Å². The van der Waals surface area contributed by atoms with E-state index in [1.807, 2.05) is 5.32 Å². The first-order valence-corrected chi connectivity index (χ1v) is 7.62. The normalized spacial score (nSPS) is 11.6. The van der Waals surface area contributed by atoms with E-state index in [0.717, 1.165) is 6.26 Å². The Morgan fingerprint density at radius 1 is 1.25 bits per heavy atom.